The normalized spacial score (nSPS) is 25.9. The molecule has 9 nitrogen and oxygen atoms in total. The van der Waals surface area contributed by atoms with Gasteiger partial charge in [-0.15, -0.1) is 44.9 Å². The Kier molecular flexibility index (Phi) is 8.16. The Balaban J connectivity index is 0.00000384. The van der Waals surface area contributed by atoms with Crippen molar-refractivity contribution in [3.63, 3.8) is 0 Å². The number of rotatable bonds is 5. The smallest absolute Gasteiger partial charge is 0.659 e. The van der Waals surface area contributed by atoms with Crippen molar-refractivity contribution >= 4 is 36.2 Å². The zero-order valence-electron chi connectivity index (χ0n) is 25.8. The van der Waals surface area contributed by atoms with Gasteiger partial charge >= 0.3 is 29.0 Å². The Morgan fingerprint density at radius 2 is 1.43 bits per heavy atom. The number of fused-ring (bicyclic) bond motifs is 9. The third-order valence-corrected chi connectivity index (χ3v) is 9.46. The van der Waals surface area contributed by atoms with Gasteiger partial charge in [-0.3, -0.25) is 9.59 Å². The minimum atomic E-state index is -1.63. The summed E-state index contributed by atoms with van der Waals surface area (Å²) in [7, 11) is 0. The molecule has 0 aliphatic carbocycles. The average Bonchev–Trinajstić information content (AvgIpc) is 3.69. The molecule has 0 saturated carbocycles. The van der Waals surface area contributed by atoms with Gasteiger partial charge in [0.25, 0.3) is 0 Å². The number of carbonyl (C=O) groups is 2. The van der Waals surface area contributed by atoms with Gasteiger partial charge in [-0.2, -0.15) is 0 Å². The summed E-state index contributed by atoms with van der Waals surface area (Å²) in [6, 6.07) is 0. The second-order valence-electron chi connectivity index (χ2n) is 11.9. The summed E-state index contributed by atoms with van der Waals surface area (Å²) in [5.41, 5.74) is 6.36. The number of aliphatic carboxylic acids is 1. The molecule has 3 aromatic heterocycles. The molecule has 0 amide bonds. The molecule has 230 valence electrons. The van der Waals surface area contributed by atoms with Gasteiger partial charge in [0.05, 0.1) is 0 Å². The van der Waals surface area contributed by atoms with Crippen LogP contribution >= 0.6 is 0 Å². The van der Waals surface area contributed by atoms with Gasteiger partial charge in [-0.25, -0.2) is 0 Å². The van der Waals surface area contributed by atoms with Gasteiger partial charge < -0.3 is 35.2 Å². The molecule has 6 rings (SSSR count). The van der Waals surface area contributed by atoms with Crippen LogP contribution < -0.4 is 25.7 Å². The number of hydrogen-bond acceptors (Lipinski definition) is 4. The Morgan fingerprint density at radius 3 is 2.05 bits per heavy atom. The summed E-state index contributed by atoms with van der Waals surface area (Å²) in [6.07, 6.45) is 9.67. The third kappa shape index (κ3) is 4.80. The number of carboxylic acids is 1. The first-order valence-corrected chi connectivity index (χ1v) is 14.9. The number of nitrogens with zero attached hydrogens (tertiary/aromatic N) is 4. The van der Waals surface area contributed by atoms with Gasteiger partial charge in [0.1, 0.15) is 11.2 Å². The van der Waals surface area contributed by atoms with E-state index in [4.69, 9.17) is 25.0 Å². The van der Waals surface area contributed by atoms with Gasteiger partial charge in [0, 0.05) is 19.3 Å². The average molecular weight is 637 g/mol. The number of ether oxygens (including phenoxy) is 1. The van der Waals surface area contributed by atoms with Crippen LogP contribution in [0.3, 0.4) is 0 Å². The fraction of sp³-hybridized carbons (Fsp3) is 0.412. The Labute approximate surface area is 267 Å². The molecule has 3 aromatic rings. The van der Waals surface area contributed by atoms with Crippen LogP contribution in [-0.2, 0) is 50.7 Å². The molecule has 0 unspecified atom stereocenters. The van der Waals surface area contributed by atoms with E-state index in [2.05, 4.69) is 20.8 Å². The van der Waals surface area contributed by atoms with Gasteiger partial charge in [0.2, 0.25) is 0 Å². The molecule has 3 aliphatic rings. The molecule has 3 aliphatic heterocycles. The first-order valence-electron chi connectivity index (χ1n) is 14.9. The maximum absolute atomic E-state index is 12.5. The van der Waals surface area contributed by atoms with E-state index >= 15 is 0 Å². The van der Waals surface area contributed by atoms with Crippen LogP contribution in [0.25, 0.3) is 29.6 Å². The van der Waals surface area contributed by atoms with E-state index < -0.39 is 23.1 Å². The van der Waals surface area contributed by atoms with Crippen LogP contribution in [0.5, 0.6) is 0 Å². The van der Waals surface area contributed by atoms with Crippen LogP contribution in [0.15, 0.2) is 11.4 Å². The van der Waals surface area contributed by atoms with Crippen molar-refractivity contribution < 1.29 is 41.6 Å². The molecule has 0 radical (unpaired) electrons. The van der Waals surface area contributed by atoms with Crippen molar-refractivity contribution in [3.05, 3.63) is 83.6 Å². The molecular formula is C34H36FeN4O5. The Bertz CT molecular complexity index is 1870. The topological polar surface area (TPSA) is 140 Å². The zero-order chi connectivity index (χ0) is 30.8. The Hall–Kier alpha value is -3.72. The quantitative estimate of drug-likeness (QED) is 0.322. The second-order valence-corrected chi connectivity index (χ2v) is 11.9. The van der Waals surface area contributed by atoms with Crippen LogP contribution in [0, 0.1) is 20.8 Å². The fourth-order valence-electron chi connectivity index (χ4n) is 6.83. The van der Waals surface area contributed by atoms with Crippen LogP contribution in [0.1, 0.15) is 96.2 Å². The molecule has 8 bridgehead atoms. The van der Waals surface area contributed by atoms with E-state index in [1.807, 2.05) is 26.0 Å². The molecule has 2 N–H and O–H groups in total. The van der Waals surface area contributed by atoms with Crippen molar-refractivity contribution in [1.82, 2.24) is 15.0 Å². The molecular weight excluding hydrogens is 600 g/mol. The maximum Gasteiger partial charge on any atom is 4.00 e. The molecule has 2 saturated heterocycles. The number of hydrogen-bond donors (Lipinski definition) is 2. The van der Waals surface area contributed by atoms with E-state index in [1.165, 1.54) is 0 Å². The summed E-state index contributed by atoms with van der Waals surface area (Å²) in [5, 5.41) is 28.1. The molecule has 44 heavy (non-hydrogen) atoms. The van der Waals surface area contributed by atoms with Crippen molar-refractivity contribution in [3.8, 4) is 0 Å². The van der Waals surface area contributed by atoms with Gasteiger partial charge in [0.15, 0.2) is 0 Å². The number of aromatic nitrogens is 3. The third-order valence-electron chi connectivity index (χ3n) is 9.46. The van der Waals surface area contributed by atoms with Crippen molar-refractivity contribution in [2.75, 3.05) is 0 Å². The van der Waals surface area contributed by atoms with Gasteiger partial charge in [-0.1, -0.05) is 71.5 Å². The predicted octanol–water partition coefficient (Wildman–Crippen LogP) is 3.19. The van der Waals surface area contributed by atoms with Crippen LogP contribution in [-0.4, -0.2) is 33.4 Å². The van der Waals surface area contributed by atoms with E-state index in [1.54, 1.807) is 19.1 Å². The van der Waals surface area contributed by atoms with E-state index in [-0.39, 0.29) is 42.8 Å². The fourth-order valence-corrected chi connectivity index (χ4v) is 6.83. The summed E-state index contributed by atoms with van der Waals surface area (Å²) in [6.45, 7) is 11.8. The summed E-state index contributed by atoms with van der Waals surface area (Å²) in [4.78, 5) is 39.1. The number of carboxylic acid groups (broad SMARTS) is 1. The monoisotopic (exact) mass is 636 g/mol. The van der Waals surface area contributed by atoms with E-state index in [0.717, 1.165) is 62.6 Å². The largest absolute Gasteiger partial charge is 4.00 e. The summed E-state index contributed by atoms with van der Waals surface area (Å²) in [5.74, 6) is -1.32. The first kappa shape index (κ1) is 31.7. The molecule has 6 heterocycles. The summed E-state index contributed by atoms with van der Waals surface area (Å²) >= 11 is 0. The van der Waals surface area contributed by atoms with Crippen molar-refractivity contribution in [2.45, 2.75) is 91.3 Å². The second kappa shape index (κ2) is 11.3. The van der Waals surface area contributed by atoms with E-state index in [9.17, 15) is 19.8 Å². The molecule has 2 atom stereocenters. The number of aliphatic hydroxyl groups is 1. The zero-order valence-corrected chi connectivity index (χ0v) is 26.9. The number of esters is 1. The van der Waals surface area contributed by atoms with Crippen LogP contribution in [0.4, 0.5) is 0 Å². The standard InChI is InChI=1S/C34H36N4O5.Fe/c1-7-20-17(3)23-13-27-21(8-2)18(4)25(37-27)15-29-33(6,42)34(12-11-32(41)43-34)30(38-29)16-28-22(9-10-31(39)40)19(5)24(36-28)14-26(20)35-23;/h13-16,42H,7-12H2,1-6H3,(H,39,40);/q-4;+4/b23-13-,26-14-,29-15-,30-16+;/t33-,34+;/m0./s1. The predicted molar refractivity (Wildman–Crippen MR) is 163 cm³/mol. The van der Waals surface area contributed by atoms with Crippen molar-refractivity contribution in [2.24, 2.45) is 0 Å². The molecule has 1 spiro atoms. The number of carbonyl (C=O) groups excluding carboxylic acids is 1. The minimum Gasteiger partial charge on any atom is -0.659 e. The summed E-state index contributed by atoms with van der Waals surface area (Å²) < 4.78 is 5.92. The Morgan fingerprint density at radius 1 is 0.841 bits per heavy atom. The molecule has 2 fully saturated rings. The first-order chi connectivity index (χ1) is 20.4. The van der Waals surface area contributed by atoms with Crippen molar-refractivity contribution in [1.29, 1.82) is 0 Å². The van der Waals surface area contributed by atoms with E-state index in [0.29, 0.717) is 28.5 Å². The maximum atomic E-state index is 12.5. The van der Waals surface area contributed by atoms with Crippen LogP contribution in [0.2, 0.25) is 0 Å². The minimum absolute atomic E-state index is 0. The molecule has 10 heteroatoms. The SMILES string of the molecule is CCc1c2[n-]c(c1C)/C=C1\[N-]/C(=C/c3[n-]c(c(C)c3CCC(=O)O)/C=c3\[n-]/c(c(C)c3CC)=C\2)[C@]2(CCC(=O)O2)[C@@]1(C)O.[Fe+4]. The van der Waals surface area contributed by atoms with Gasteiger partial charge in [-0.05, 0) is 47.0 Å². The molecule has 0 aromatic carbocycles.